The van der Waals surface area contributed by atoms with E-state index >= 15 is 0 Å². The number of benzene rings is 1. The second-order valence-corrected chi connectivity index (χ2v) is 4.74. The summed E-state index contributed by atoms with van der Waals surface area (Å²) in [5.41, 5.74) is 2.24. The third kappa shape index (κ3) is 4.72. The van der Waals surface area contributed by atoms with Crippen LogP contribution in [0.1, 0.15) is 18.9 Å². The second kappa shape index (κ2) is 8.21. The van der Waals surface area contributed by atoms with Crippen molar-refractivity contribution >= 4 is 17.3 Å². The molecule has 112 valence electrons. The van der Waals surface area contributed by atoms with Gasteiger partial charge >= 0.3 is 0 Å². The van der Waals surface area contributed by atoms with E-state index in [0.29, 0.717) is 6.61 Å². The molecule has 2 aromatic rings. The number of methoxy groups -OCH3 is 1. The van der Waals surface area contributed by atoms with Crippen LogP contribution in [0.25, 0.3) is 0 Å². The summed E-state index contributed by atoms with van der Waals surface area (Å²) >= 11 is 0. The van der Waals surface area contributed by atoms with Gasteiger partial charge in [0.1, 0.15) is 5.82 Å². The highest BCUT2D eigenvalue weighted by Crippen LogP contribution is 2.20. The Hall–Kier alpha value is -2.14. The fraction of sp³-hybridized carbons (Fsp3) is 0.375. The molecule has 0 saturated carbocycles. The summed E-state index contributed by atoms with van der Waals surface area (Å²) in [6.07, 6.45) is 5.38. The predicted octanol–water partition coefficient (Wildman–Crippen LogP) is 3.23. The van der Waals surface area contributed by atoms with Crippen LogP contribution in [0.4, 0.5) is 17.3 Å². The van der Waals surface area contributed by atoms with Crippen molar-refractivity contribution in [2.45, 2.75) is 19.8 Å². The average Bonchev–Trinajstić information content (AvgIpc) is 2.52. The van der Waals surface area contributed by atoms with E-state index in [9.17, 15) is 0 Å². The van der Waals surface area contributed by atoms with Gasteiger partial charge < -0.3 is 15.4 Å². The van der Waals surface area contributed by atoms with Crippen molar-refractivity contribution in [3.8, 4) is 0 Å². The van der Waals surface area contributed by atoms with Crippen molar-refractivity contribution in [2.24, 2.45) is 0 Å². The fourth-order valence-corrected chi connectivity index (χ4v) is 1.97. The summed E-state index contributed by atoms with van der Waals surface area (Å²) in [6, 6.07) is 8.17. The number of anilines is 3. The van der Waals surface area contributed by atoms with E-state index in [1.165, 1.54) is 5.56 Å². The Balaban J connectivity index is 2.10. The van der Waals surface area contributed by atoms with Crippen LogP contribution in [0.3, 0.4) is 0 Å². The minimum Gasteiger partial charge on any atom is -0.384 e. The van der Waals surface area contributed by atoms with Crippen LogP contribution in [0.15, 0.2) is 36.7 Å². The first-order chi connectivity index (χ1) is 10.3. The molecule has 1 heterocycles. The zero-order valence-electron chi connectivity index (χ0n) is 12.6. The molecule has 0 amide bonds. The van der Waals surface area contributed by atoms with E-state index in [4.69, 9.17) is 4.74 Å². The fourth-order valence-electron chi connectivity index (χ4n) is 1.97. The normalized spacial score (nSPS) is 10.4. The van der Waals surface area contributed by atoms with Crippen LogP contribution in [0.2, 0.25) is 0 Å². The number of rotatable bonds is 8. The van der Waals surface area contributed by atoms with Crippen LogP contribution in [-0.4, -0.2) is 30.2 Å². The van der Waals surface area contributed by atoms with Gasteiger partial charge in [-0.1, -0.05) is 25.1 Å². The minimum absolute atomic E-state index is 0.697. The van der Waals surface area contributed by atoms with Gasteiger partial charge in [-0.25, -0.2) is 4.98 Å². The molecule has 0 aliphatic rings. The molecule has 2 N–H and O–H groups in total. The Morgan fingerprint density at radius 3 is 2.76 bits per heavy atom. The van der Waals surface area contributed by atoms with Crippen molar-refractivity contribution in [3.05, 3.63) is 42.2 Å². The van der Waals surface area contributed by atoms with Gasteiger partial charge in [0.15, 0.2) is 5.82 Å². The van der Waals surface area contributed by atoms with Crippen LogP contribution >= 0.6 is 0 Å². The highest BCUT2D eigenvalue weighted by molar-refractivity contribution is 5.61. The van der Waals surface area contributed by atoms with E-state index in [0.717, 1.165) is 36.7 Å². The number of hydrogen-bond acceptors (Lipinski definition) is 5. The molecule has 0 unspecified atom stereocenters. The van der Waals surface area contributed by atoms with E-state index in [2.05, 4.69) is 33.6 Å². The molecule has 0 aliphatic heterocycles. The standard InChI is InChI=1S/C16H22N4O/c1-3-9-18-15-11-17-12-16(20-15)19-14-7-5-4-6-13(14)8-10-21-2/h4-7,11-12H,3,8-10H2,1-2H3,(H2,18,19,20). The first-order valence-corrected chi connectivity index (χ1v) is 7.23. The third-order valence-electron chi connectivity index (χ3n) is 3.05. The van der Waals surface area contributed by atoms with Gasteiger partial charge in [-0.05, 0) is 24.5 Å². The molecule has 0 bridgehead atoms. The highest BCUT2D eigenvalue weighted by atomic mass is 16.5. The average molecular weight is 286 g/mol. The molecular formula is C16H22N4O. The van der Waals surface area contributed by atoms with Crippen molar-refractivity contribution in [2.75, 3.05) is 30.9 Å². The van der Waals surface area contributed by atoms with Crippen molar-refractivity contribution in [1.29, 1.82) is 0 Å². The number of ether oxygens (including phenoxy) is 1. The molecular weight excluding hydrogens is 264 g/mol. The van der Waals surface area contributed by atoms with Gasteiger partial charge in [-0.3, -0.25) is 4.98 Å². The van der Waals surface area contributed by atoms with Gasteiger partial charge in [0.25, 0.3) is 0 Å². The van der Waals surface area contributed by atoms with Crippen molar-refractivity contribution in [1.82, 2.24) is 9.97 Å². The summed E-state index contributed by atoms with van der Waals surface area (Å²) in [6.45, 7) is 3.71. The Kier molecular flexibility index (Phi) is 5.97. The topological polar surface area (TPSA) is 59.1 Å². The molecule has 1 aromatic carbocycles. The maximum Gasteiger partial charge on any atom is 0.151 e. The van der Waals surface area contributed by atoms with Crippen LogP contribution < -0.4 is 10.6 Å². The molecule has 5 nitrogen and oxygen atoms in total. The lowest BCUT2D eigenvalue weighted by atomic mass is 10.1. The van der Waals surface area contributed by atoms with Gasteiger partial charge in [0.05, 0.1) is 19.0 Å². The molecule has 0 saturated heterocycles. The Bertz CT molecular complexity index is 559. The summed E-state index contributed by atoms with van der Waals surface area (Å²) in [4.78, 5) is 8.72. The van der Waals surface area contributed by atoms with Gasteiger partial charge in [0, 0.05) is 19.3 Å². The predicted molar refractivity (Wildman–Crippen MR) is 86.1 cm³/mol. The van der Waals surface area contributed by atoms with E-state index in [1.807, 2.05) is 18.2 Å². The van der Waals surface area contributed by atoms with Gasteiger partial charge in [0.2, 0.25) is 0 Å². The number of nitrogens with one attached hydrogen (secondary N) is 2. The largest absolute Gasteiger partial charge is 0.384 e. The molecule has 0 radical (unpaired) electrons. The van der Waals surface area contributed by atoms with Gasteiger partial charge in [-0.2, -0.15) is 0 Å². The quantitative estimate of drug-likeness (QED) is 0.780. The van der Waals surface area contributed by atoms with Crippen molar-refractivity contribution < 1.29 is 4.74 Å². The molecule has 5 heteroatoms. The molecule has 1 aromatic heterocycles. The smallest absolute Gasteiger partial charge is 0.151 e. The number of hydrogen-bond donors (Lipinski definition) is 2. The second-order valence-electron chi connectivity index (χ2n) is 4.74. The number of para-hydroxylation sites is 1. The van der Waals surface area contributed by atoms with E-state index in [1.54, 1.807) is 19.5 Å². The molecule has 0 aliphatic carbocycles. The molecule has 0 fully saturated rings. The van der Waals surface area contributed by atoms with Crippen LogP contribution in [0, 0.1) is 0 Å². The lowest BCUT2D eigenvalue weighted by Gasteiger charge is -2.12. The monoisotopic (exact) mass is 286 g/mol. The molecule has 2 rings (SSSR count). The molecule has 21 heavy (non-hydrogen) atoms. The van der Waals surface area contributed by atoms with E-state index < -0.39 is 0 Å². The van der Waals surface area contributed by atoms with Crippen LogP contribution in [-0.2, 0) is 11.2 Å². The summed E-state index contributed by atoms with van der Waals surface area (Å²) in [5, 5.41) is 6.56. The lowest BCUT2D eigenvalue weighted by Crippen LogP contribution is -2.05. The summed E-state index contributed by atoms with van der Waals surface area (Å²) < 4.78 is 5.15. The Morgan fingerprint density at radius 2 is 1.95 bits per heavy atom. The zero-order valence-corrected chi connectivity index (χ0v) is 12.6. The Morgan fingerprint density at radius 1 is 1.14 bits per heavy atom. The third-order valence-corrected chi connectivity index (χ3v) is 3.05. The maximum absolute atomic E-state index is 5.15. The number of aromatic nitrogens is 2. The Labute approximate surface area is 125 Å². The number of nitrogens with zero attached hydrogens (tertiary/aromatic N) is 2. The lowest BCUT2D eigenvalue weighted by molar-refractivity contribution is 0.202. The highest BCUT2D eigenvalue weighted by Gasteiger charge is 2.04. The maximum atomic E-state index is 5.15. The summed E-state index contributed by atoms with van der Waals surface area (Å²) in [5.74, 6) is 1.53. The van der Waals surface area contributed by atoms with Crippen LogP contribution in [0.5, 0.6) is 0 Å². The molecule has 0 spiro atoms. The molecule has 0 atom stereocenters. The first-order valence-electron chi connectivity index (χ1n) is 7.23. The zero-order chi connectivity index (χ0) is 14.9. The van der Waals surface area contributed by atoms with Gasteiger partial charge in [-0.15, -0.1) is 0 Å². The minimum atomic E-state index is 0.697. The SMILES string of the molecule is CCCNc1cncc(Nc2ccccc2CCOC)n1. The van der Waals surface area contributed by atoms with E-state index in [-0.39, 0.29) is 0 Å². The summed E-state index contributed by atoms with van der Waals surface area (Å²) in [7, 11) is 1.71. The first kappa shape index (κ1) is 15.3. The van der Waals surface area contributed by atoms with Crippen molar-refractivity contribution in [3.63, 3.8) is 0 Å².